The van der Waals surface area contributed by atoms with Gasteiger partial charge in [-0.3, -0.25) is 4.99 Å². The van der Waals surface area contributed by atoms with Crippen molar-refractivity contribution in [2.75, 3.05) is 35.4 Å². The SMILES string of the molecule is CN=C(NC)NCc1c(OC)cc(OC)cc1OC.I. The lowest BCUT2D eigenvalue weighted by molar-refractivity contribution is 0.368. The van der Waals surface area contributed by atoms with Crippen LogP contribution in [0.3, 0.4) is 0 Å². The van der Waals surface area contributed by atoms with Crippen LogP contribution >= 0.6 is 24.0 Å². The first-order chi connectivity index (χ1) is 9.19. The smallest absolute Gasteiger partial charge is 0.190 e. The first-order valence-corrected chi connectivity index (χ1v) is 5.87. The van der Waals surface area contributed by atoms with Crippen LogP contribution in [-0.4, -0.2) is 41.4 Å². The van der Waals surface area contributed by atoms with E-state index in [1.54, 1.807) is 35.4 Å². The summed E-state index contributed by atoms with van der Waals surface area (Å²) in [6.45, 7) is 0.532. The van der Waals surface area contributed by atoms with Crippen molar-refractivity contribution in [2.45, 2.75) is 6.54 Å². The van der Waals surface area contributed by atoms with Crippen LogP contribution in [0.2, 0.25) is 0 Å². The van der Waals surface area contributed by atoms with E-state index in [0.29, 0.717) is 29.8 Å². The molecular weight excluding hydrogens is 373 g/mol. The minimum Gasteiger partial charge on any atom is -0.496 e. The average Bonchev–Trinajstić information content (AvgIpc) is 2.47. The van der Waals surface area contributed by atoms with Crippen LogP contribution in [-0.2, 0) is 6.54 Å². The normalized spacial score (nSPS) is 10.3. The van der Waals surface area contributed by atoms with Gasteiger partial charge >= 0.3 is 0 Å². The zero-order valence-corrected chi connectivity index (χ0v) is 14.8. The van der Waals surface area contributed by atoms with Gasteiger partial charge in [-0.15, -0.1) is 24.0 Å². The third-order valence-corrected chi connectivity index (χ3v) is 2.71. The number of methoxy groups -OCH3 is 3. The fourth-order valence-electron chi connectivity index (χ4n) is 1.70. The summed E-state index contributed by atoms with van der Waals surface area (Å²) >= 11 is 0. The molecule has 0 radical (unpaired) electrons. The second-order valence-electron chi connectivity index (χ2n) is 3.69. The van der Waals surface area contributed by atoms with Crippen molar-refractivity contribution in [3.8, 4) is 17.2 Å². The monoisotopic (exact) mass is 395 g/mol. The van der Waals surface area contributed by atoms with Crippen LogP contribution in [0.15, 0.2) is 17.1 Å². The molecule has 0 atom stereocenters. The van der Waals surface area contributed by atoms with Gasteiger partial charge in [0.1, 0.15) is 17.2 Å². The van der Waals surface area contributed by atoms with Crippen molar-refractivity contribution >= 4 is 29.9 Å². The van der Waals surface area contributed by atoms with Gasteiger partial charge in [-0.05, 0) is 0 Å². The number of aliphatic imine (C=N–C) groups is 1. The average molecular weight is 395 g/mol. The number of hydrogen-bond donors (Lipinski definition) is 2. The van der Waals surface area contributed by atoms with Gasteiger partial charge in [-0.1, -0.05) is 0 Å². The Morgan fingerprint density at radius 3 is 2.00 bits per heavy atom. The highest BCUT2D eigenvalue weighted by Crippen LogP contribution is 2.33. The lowest BCUT2D eigenvalue weighted by atomic mass is 10.1. The Balaban J connectivity index is 0.00000361. The van der Waals surface area contributed by atoms with Crippen LogP contribution in [0.1, 0.15) is 5.56 Å². The number of guanidine groups is 1. The Kier molecular flexibility index (Phi) is 8.86. The molecule has 0 aliphatic rings. The van der Waals surface area contributed by atoms with E-state index >= 15 is 0 Å². The Morgan fingerprint density at radius 1 is 1.10 bits per heavy atom. The Hall–Kier alpha value is -1.38. The fourth-order valence-corrected chi connectivity index (χ4v) is 1.70. The van der Waals surface area contributed by atoms with Gasteiger partial charge in [-0.2, -0.15) is 0 Å². The highest BCUT2D eigenvalue weighted by Gasteiger charge is 2.13. The maximum atomic E-state index is 5.37. The van der Waals surface area contributed by atoms with Crippen LogP contribution in [0.4, 0.5) is 0 Å². The number of ether oxygens (including phenoxy) is 3. The second kappa shape index (κ2) is 9.51. The summed E-state index contributed by atoms with van der Waals surface area (Å²) in [5.41, 5.74) is 0.905. The van der Waals surface area contributed by atoms with Gasteiger partial charge in [0.2, 0.25) is 0 Å². The van der Waals surface area contributed by atoms with E-state index in [1.165, 1.54) is 0 Å². The van der Waals surface area contributed by atoms with Crippen molar-refractivity contribution in [2.24, 2.45) is 4.99 Å². The van der Waals surface area contributed by atoms with Crippen LogP contribution in [0.5, 0.6) is 17.2 Å². The van der Waals surface area contributed by atoms with E-state index in [0.717, 1.165) is 5.56 Å². The minimum absolute atomic E-state index is 0. The third kappa shape index (κ3) is 4.62. The zero-order chi connectivity index (χ0) is 14.3. The molecule has 0 heterocycles. The van der Waals surface area contributed by atoms with Crippen LogP contribution < -0.4 is 24.8 Å². The summed E-state index contributed by atoms with van der Waals surface area (Å²) in [7, 11) is 8.35. The van der Waals surface area contributed by atoms with E-state index in [1.807, 2.05) is 12.1 Å². The summed E-state index contributed by atoms with van der Waals surface area (Å²) in [4.78, 5) is 4.05. The zero-order valence-electron chi connectivity index (χ0n) is 12.4. The van der Waals surface area contributed by atoms with E-state index in [-0.39, 0.29) is 24.0 Å². The Bertz CT molecular complexity index is 427. The highest BCUT2D eigenvalue weighted by atomic mass is 127. The molecule has 0 aromatic heterocycles. The molecule has 114 valence electrons. The summed E-state index contributed by atoms with van der Waals surface area (Å²) in [6.07, 6.45) is 0. The molecule has 0 amide bonds. The van der Waals surface area contributed by atoms with Crippen molar-refractivity contribution in [3.05, 3.63) is 17.7 Å². The predicted molar refractivity (Wildman–Crippen MR) is 90.8 cm³/mol. The molecule has 0 spiro atoms. The molecule has 7 heteroatoms. The predicted octanol–water partition coefficient (Wildman–Crippen LogP) is 1.63. The molecule has 1 aromatic carbocycles. The molecule has 0 saturated carbocycles. The summed E-state index contributed by atoms with van der Waals surface area (Å²) in [5, 5.41) is 6.11. The molecule has 0 saturated heterocycles. The summed E-state index contributed by atoms with van der Waals surface area (Å²) < 4.78 is 15.9. The molecule has 0 unspecified atom stereocenters. The van der Waals surface area contributed by atoms with Gasteiger partial charge in [-0.25, -0.2) is 0 Å². The topological polar surface area (TPSA) is 64.1 Å². The molecule has 6 nitrogen and oxygen atoms in total. The molecule has 0 aliphatic heterocycles. The van der Waals surface area contributed by atoms with E-state index in [9.17, 15) is 0 Å². The largest absolute Gasteiger partial charge is 0.496 e. The first kappa shape index (κ1) is 18.6. The van der Waals surface area contributed by atoms with Crippen molar-refractivity contribution in [1.82, 2.24) is 10.6 Å². The summed E-state index contributed by atoms with van der Waals surface area (Å²) in [6, 6.07) is 3.64. The Morgan fingerprint density at radius 2 is 1.65 bits per heavy atom. The number of rotatable bonds is 5. The van der Waals surface area contributed by atoms with E-state index in [2.05, 4.69) is 15.6 Å². The number of halogens is 1. The number of benzene rings is 1. The van der Waals surface area contributed by atoms with Gasteiger partial charge < -0.3 is 24.8 Å². The van der Waals surface area contributed by atoms with Crippen molar-refractivity contribution < 1.29 is 14.2 Å². The molecule has 0 fully saturated rings. The Labute approximate surface area is 136 Å². The standard InChI is InChI=1S/C13H21N3O3.HI/c1-14-13(15-2)16-8-10-11(18-4)6-9(17-3)7-12(10)19-5;/h6-7H,8H2,1-5H3,(H2,14,15,16);1H. The number of nitrogens with zero attached hydrogens (tertiary/aromatic N) is 1. The first-order valence-electron chi connectivity index (χ1n) is 5.87. The van der Waals surface area contributed by atoms with Crippen LogP contribution in [0.25, 0.3) is 0 Å². The molecule has 0 aliphatic carbocycles. The minimum atomic E-state index is 0. The van der Waals surface area contributed by atoms with E-state index in [4.69, 9.17) is 14.2 Å². The van der Waals surface area contributed by atoms with E-state index < -0.39 is 0 Å². The molecule has 1 rings (SSSR count). The van der Waals surface area contributed by atoms with Gasteiger partial charge in [0.05, 0.1) is 33.4 Å². The highest BCUT2D eigenvalue weighted by molar-refractivity contribution is 14.0. The second-order valence-corrected chi connectivity index (χ2v) is 3.69. The van der Waals surface area contributed by atoms with Crippen LogP contribution in [0, 0.1) is 0 Å². The maximum absolute atomic E-state index is 5.37. The number of nitrogens with one attached hydrogen (secondary N) is 2. The molecule has 0 bridgehead atoms. The third-order valence-electron chi connectivity index (χ3n) is 2.71. The quantitative estimate of drug-likeness (QED) is 0.451. The fraction of sp³-hybridized carbons (Fsp3) is 0.462. The molecular formula is C13H22IN3O3. The molecule has 1 aromatic rings. The maximum Gasteiger partial charge on any atom is 0.190 e. The van der Waals surface area contributed by atoms with Gasteiger partial charge in [0.25, 0.3) is 0 Å². The van der Waals surface area contributed by atoms with Gasteiger partial charge in [0.15, 0.2) is 5.96 Å². The lowest BCUT2D eigenvalue weighted by Gasteiger charge is -2.16. The lowest BCUT2D eigenvalue weighted by Crippen LogP contribution is -2.34. The molecule has 2 N–H and O–H groups in total. The van der Waals surface area contributed by atoms with Gasteiger partial charge in [0, 0.05) is 26.2 Å². The van der Waals surface area contributed by atoms with Crippen molar-refractivity contribution in [1.29, 1.82) is 0 Å². The van der Waals surface area contributed by atoms with Crippen molar-refractivity contribution in [3.63, 3.8) is 0 Å². The summed E-state index contributed by atoms with van der Waals surface area (Å²) in [5.74, 6) is 2.79. The number of hydrogen-bond acceptors (Lipinski definition) is 4. The molecule has 20 heavy (non-hydrogen) atoms.